The van der Waals surface area contributed by atoms with E-state index in [1.54, 1.807) is 19.9 Å². The molecule has 0 aliphatic heterocycles. The maximum Gasteiger partial charge on any atom is 0.329 e. The molecule has 9 heteroatoms. The molecule has 0 saturated carbocycles. The summed E-state index contributed by atoms with van der Waals surface area (Å²) in [5.74, 6) is -1.26. The molecule has 0 fully saturated rings. The van der Waals surface area contributed by atoms with Gasteiger partial charge in [0.2, 0.25) is 0 Å². The van der Waals surface area contributed by atoms with Crippen molar-refractivity contribution in [3.8, 4) is 0 Å². The zero-order chi connectivity index (χ0) is 20.8. The summed E-state index contributed by atoms with van der Waals surface area (Å²) in [5.41, 5.74) is 0.593. The number of hydrogen-bond donors (Lipinski definition) is 1. The Kier molecular flexibility index (Phi) is 7.37. The van der Waals surface area contributed by atoms with Gasteiger partial charge < -0.3 is 10.1 Å². The van der Waals surface area contributed by atoms with E-state index in [0.29, 0.717) is 5.56 Å². The first-order valence-electron chi connectivity index (χ1n) is 8.37. The number of amides is 1. The fraction of sp³-hybridized carbons (Fsp3) is 0.263. The third-order valence-corrected chi connectivity index (χ3v) is 4.35. The van der Waals surface area contributed by atoms with Crippen LogP contribution in [0.1, 0.15) is 29.8 Å². The molecule has 0 radical (unpaired) electrons. The molecule has 1 atom stereocenters. The average Bonchev–Trinajstić information content (AvgIpc) is 2.60. The number of benzene rings is 2. The molecule has 0 bridgehead atoms. The van der Waals surface area contributed by atoms with E-state index in [1.165, 1.54) is 36.4 Å². The highest BCUT2D eigenvalue weighted by molar-refractivity contribution is 6.39. The molecule has 2 rings (SSSR count). The Labute approximate surface area is 171 Å². The van der Waals surface area contributed by atoms with Crippen molar-refractivity contribution in [1.82, 2.24) is 5.32 Å². The molecule has 0 unspecified atom stereocenters. The van der Waals surface area contributed by atoms with Crippen molar-refractivity contribution < 1.29 is 19.2 Å². The van der Waals surface area contributed by atoms with E-state index in [9.17, 15) is 19.7 Å². The van der Waals surface area contributed by atoms with Crippen LogP contribution in [0, 0.1) is 10.1 Å². The van der Waals surface area contributed by atoms with Gasteiger partial charge in [-0.2, -0.15) is 0 Å². The molecule has 0 aliphatic carbocycles. The fourth-order valence-electron chi connectivity index (χ4n) is 2.44. The summed E-state index contributed by atoms with van der Waals surface area (Å²) in [5, 5.41) is 13.7. The Morgan fingerprint density at radius 3 is 2.18 bits per heavy atom. The zero-order valence-electron chi connectivity index (χ0n) is 15.1. The number of non-ortho nitro benzene ring substituents is 1. The van der Waals surface area contributed by atoms with E-state index < -0.39 is 22.8 Å². The first-order chi connectivity index (χ1) is 13.2. The lowest BCUT2D eigenvalue weighted by Gasteiger charge is -2.20. The first-order valence-corrected chi connectivity index (χ1v) is 9.13. The molecule has 7 nitrogen and oxygen atoms in total. The second-order valence-electron chi connectivity index (χ2n) is 6.24. The predicted molar refractivity (Wildman–Crippen MR) is 106 cm³/mol. The lowest BCUT2D eigenvalue weighted by molar-refractivity contribution is -0.384. The van der Waals surface area contributed by atoms with Gasteiger partial charge in [0.25, 0.3) is 11.6 Å². The van der Waals surface area contributed by atoms with Crippen LogP contribution in [0.4, 0.5) is 5.69 Å². The third-order valence-electron chi connectivity index (χ3n) is 3.72. The summed E-state index contributed by atoms with van der Waals surface area (Å²) in [6, 6.07) is 9.29. The highest BCUT2D eigenvalue weighted by Crippen LogP contribution is 2.24. The van der Waals surface area contributed by atoms with Crippen LogP contribution in [-0.4, -0.2) is 28.9 Å². The van der Waals surface area contributed by atoms with Gasteiger partial charge in [-0.3, -0.25) is 14.9 Å². The van der Waals surface area contributed by atoms with E-state index in [0.717, 1.165) is 0 Å². The van der Waals surface area contributed by atoms with Gasteiger partial charge in [-0.1, -0.05) is 41.4 Å². The molecule has 0 heterocycles. The normalized spacial score (nSPS) is 11.8. The quantitative estimate of drug-likeness (QED) is 0.407. The van der Waals surface area contributed by atoms with Crippen LogP contribution < -0.4 is 5.32 Å². The summed E-state index contributed by atoms with van der Waals surface area (Å²) in [7, 11) is 0. The van der Waals surface area contributed by atoms with Gasteiger partial charge in [0, 0.05) is 18.6 Å². The highest BCUT2D eigenvalue weighted by Gasteiger charge is 2.26. The molecule has 0 saturated heterocycles. The standard InChI is InChI=1S/C19H18Cl2N2O5/c1-11(2)28-19(25)16(10-12-6-8-13(9-7-12)23(26)27)22-18(24)17-14(20)4-3-5-15(17)21/h3-9,11,16H,10H2,1-2H3,(H,22,24)/t16-/m0/s1. The molecule has 2 aromatic rings. The summed E-state index contributed by atoms with van der Waals surface area (Å²) in [6.07, 6.45) is -0.301. The van der Waals surface area contributed by atoms with Gasteiger partial charge >= 0.3 is 5.97 Å². The van der Waals surface area contributed by atoms with Gasteiger partial charge in [0.15, 0.2) is 0 Å². The highest BCUT2D eigenvalue weighted by atomic mass is 35.5. The molecule has 0 aliphatic rings. The molecular weight excluding hydrogens is 407 g/mol. The lowest BCUT2D eigenvalue weighted by Crippen LogP contribution is -2.44. The smallest absolute Gasteiger partial charge is 0.329 e. The van der Waals surface area contributed by atoms with Crippen molar-refractivity contribution in [2.45, 2.75) is 32.4 Å². The van der Waals surface area contributed by atoms with E-state index in [-0.39, 0.29) is 33.8 Å². The molecule has 148 valence electrons. The molecule has 0 spiro atoms. The van der Waals surface area contributed by atoms with E-state index in [1.807, 2.05) is 0 Å². The van der Waals surface area contributed by atoms with Gasteiger partial charge in [-0.15, -0.1) is 0 Å². The number of nitrogens with one attached hydrogen (secondary N) is 1. The van der Waals surface area contributed by atoms with Crippen LogP contribution in [0.5, 0.6) is 0 Å². The number of nitrogens with zero attached hydrogens (tertiary/aromatic N) is 1. The van der Waals surface area contributed by atoms with Gasteiger partial charge in [0.1, 0.15) is 6.04 Å². The van der Waals surface area contributed by atoms with E-state index in [2.05, 4.69) is 5.32 Å². The second kappa shape index (κ2) is 9.52. The molecule has 1 amide bonds. The monoisotopic (exact) mass is 424 g/mol. The largest absolute Gasteiger partial charge is 0.461 e. The number of nitro groups is 1. The fourth-order valence-corrected chi connectivity index (χ4v) is 3.01. The second-order valence-corrected chi connectivity index (χ2v) is 7.05. The number of nitro benzene ring substituents is 1. The van der Waals surface area contributed by atoms with Crippen LogP contribution in [0.2, 0.25) is 10.0 Å². The minimum Gasteiger partial charge on any atom is -0.461 e. The number of carbonyl (C=O) groups is 2. The van der Waals surface area contributed by atoms with Crippen LogP contribution >= 0.6 is 23.2 Å². The van der Waals surface area contributed by atoms with Crippen molar-refractivity contribution in [1.29, 1.82) is 0 Å². The first kappa shape index (κ1) is 21.7. The Balaban J connectivity index is 2.25. The molecule has 2 aromatic carbocycles. The lowest BCUT2D eigenvalue weighted by atomic mass is 10.0. The summed E-state index contributed by atoms with van der Waals surface area (Å²) >= 11 is 12.1. The summed E-state index contributed by atoms with van der Waals surface area (Å²) < 4.78 is 5.22. The van der Waals surface area contributed by atoms with Crippen molar-refractivity contribution in [3.63, 3.8) is 0 Å². The van der Waals surface area contributed by atoms with Crippen LogP contribution in [0.3, 0.4) is 0 Å². The Bertz CT molecular complexity index is 864. The molecule has 1 N–H and O–H groups in total. The molecule has 0 aromatic heterocycles. The number of esters is 1. The summed E-state index contributed by atoms with van der Waals surface area (Å²) in [4.78, 5) is 35.4. The summed E-state index contributed by atoms with van der Waals surface area (Å²) in [6.45, 7) is 3.38. The van der Waals surface area contributed by atoms with E-state index in [4.69, 9.17) is 27.9 Å². The van der Waals surface area contributed by atoms with Crippen molar-refractivity contribution >= 4 is 40.8 Å². The molecule has 28 heavy (non-hydrogen) atoms. The van der Waals surface area contributed by atoms with Gasteiger partial charge in [0.05, 0.1) is 26.6 Å². The van der Waals surface area contributed by atoms with Crippen molar-refractivity contribution in [2.24, 2.45) is 0 Å². The van der Waals surface area contributed by atoms with Crippen LogP contribution in [-0.2, 0) is 16.0 Å². The molecular formula is C19H18Cl2N2O5. The zero-order valence-corrected chi connectivity index (χ0v) is 16.7. The average molecular weight is 425 g/mol. The number of hydrogen-bond acceptors (Lipinski definition) is 5. The minimum absolute atomic E-state index is 0.0527. The Morgan fingerprint density at radius 1 is 1.11 bits per heavy atom. The van der Waals surface area contributed by atoms with Crippen LogP contribution in [0.15, 0.2) is 42.5 Å². The van der Waals surface area contributed by atoms with E-state index >= 15 is 0 Å². The maximum absolute atomic E-state index is 12.6. The van der Waals surface area contributed by atoms with Gasteiger partial charge in [-0.05, 0) is 31.5 Å². The predicted octanol–water partition coefficient (Wildman–Crippen LogP) is 4.19. The van der Waals surface area contributed by atoms with Crippen LogP contribution in [0.25, 0.3) is 0 Å². The van der Waals surface area contributed by atoms with Crippen molar-refractivity contribution in [3.05, 3.63) is 73.8 Å². The number of carbonyl (C=O) groups excluding carboxylic acids is 2. The number of halogens is 2. The Hall–Kier alpha value is -2.64. The SMILES string of the molecule is CC(C)OC(=O)[C@H](Cc1ccc([N+](=O)[O-])cc1)NC(=O)c1c(Cl)cccc1Cl. The van der Waals surface area contributed by atoms with Gasteiger partial charge in [-0.25, -0.2) is 4.79 Å². The number of ether oxygens (including phenoxy) is 1. The number of rotatable bonds is 7. The van der Waals surface area contributed by atoms with Crippen molar-refractivity contribution in [2.75, 3.05) is 0 Å². The third kappa shape index (κ3) is 5.68. The Morgan fingerprint density at radius 2 is 1.68 bits per heavy atom. The topological polar surface area (TPSA) is 98.5 Å². The maximum atomic E-state index is 12.6. The minimum atomic E-state index is -1.02.